The minimum absolute atomic E-state index is 0.0106. The van der Waals surface area contributed by atoms with Crippen LogP contribution in [0, 0.1) is 0 Å². The second-order valence-electron chi connectivity index (χ2n) is 7.94. The van der Waals surface area contributed by atoms with Crippen molar-refractivity contribution in [2.75, 3.05) is 6.54 Å². The van der Waals surface area contributed by atoms with E-state index in [1.54, 1.807) is 6.20 Å². The number of carbonyl (C=O) groups is 1. The average Bonchev–Trinajstić information content (AvgIpc) is 3.36. The van der Waals surface area contributed by atoms with Crippen molar-refractivity contribution in [3.8, 4) is 22.4 Å². The molecule has 1 amide bonds. The lowest BCUT2D eigenvalue weighted by atomic mass is 10.0. The number of aromatic nitrogens is 3. The van der Waals surface area contributed by atoms with Gasteiger partial charge in [-0.25, -0.2) is 4.79 Å². The summed E-state index contributed by atoms with van der Waals surface area (Å²) >= 11 is 0. The Hall–Kier alpha value is -3.99. The predicted molar refractivity (Wildman–Crippen MR) is 126 cm³/mol. The first kappa shape index (κ1) is 19.9. The molecular formula is C27H24N4O. The normalized spacial score (nSPS) is 15.6. The molecule has 0 N–H and O–H groups in total. The number of nitrogens with zero attached hydrogens (tertiary/aromatic N) is 4. The first-order valence-corrected chi connectivity index (χ1v) is 10.9. The van der Waals surface area contributed by atoms with Crippen LogP contribution in [0.5, 0.6) is 0 Å². The van der Waals surface area contributed by atoms with Crippen LogP contribution < -0.4 is 0 Å². The average molecular weight is 421 g/mol. The standard InChI is InChI=1S/C27H24N4O/c32-27(30-18-8-7-13-25(30)19-21-9-3-1-4-10-21)31-20-26(28-29-31)24-16-14-23(15-17-24)22-11-5-2-6-12-22/h1-7,9-17,20,25H,8,18-19H2/t25-/m1/s1. The minimum atomic E-state index is -0.144. The molecule has 0 aliphatic carbocycles. The molecule has 158 valence electrons. The van der Waals surface area contributed by atoms with Crippen LogP contribution in [0.3, 0.4) is 0 Å². The summed E-state index contributed by atoms with van der Waals surface area (Å²) in [6, 6.07) is 28.5. The molecule has 5 nitrogen and oxygen atoms in total. The summed E-state index contributed by atoms with van der Waals surface area (Å²) in [6.45, 7) is 0.674. The first-order chi connectivity index (χ1) is 15.8. The lowest BCUT2D eigenvalue weighted by Crippen LogP contribution is -2.45. The van der Waals surface area contributed by atoms with E-state index in [1.807, 2.05) is 53.4 Å². The van der Waals surface area contributed by atoms with Gasteiger partial charge in [-0.3, -0.25) is 0 Å². The second-order valence-corrected chi connectivity index (χ2v) is 7.94. The molecular weight excluding hydrogens is 396 g/mol. The quantitative estimate of drug-likeness (QED) is 0.412. The highest BCUT2D eigenvalue weighted by Gasteiger charge is 2.26. The fourth-order valence-corrected chi connectivity index (χ4v) is 4.09. The molecule has 1 atom stereocenters. The largest absolute Gasteiger partial charge is 0.346 e. The van der Waals surface area contributed by atoms with Crippen LogP contribution in [-0.4, -0.2) is 38.5 Å². The number of rotatable bonds is 4. The van der Waals surface area contributed by atoms with Crippen LogP contribution >= 0.6 is 0 Å². The van der Waals surface area contributed by atoms with E-state index < -0.39 is 0 Å². The van der Waals surface area contributed by atoms with E-state index in [-0.39, 0.29) is 12.1 Å². The molecule has 0 unspecified atom stereocenters. The molecule has 32 heavy (non-hydrogen) atoms. The summed E-state index contributed by atoms with van der Waals surface area (Å²) in [6.07, 6.45) is 7.62. The third kappa shape index (κ3) is 4.23. The van der Waals surface area contributed by atoms with Crippen LogP contribution in [0.15, 0.2) is 103 Å². The zero-order chi connectivity index (χ0) is 21.8. The highest BCUT2D eigenvalue weighted by Crippen LogP contribution is 2.24. The molecule has 0 saturated heterocycles. The topological polar surface area (TPSA) is 51.0 Å². The van der Waals surface area contributed by atoms with Crippen LogP contribution in [0.25, 0.3) is 22.4 Å². The maximum atomic E-state index is 13.2. The Balaban J connectivity index is 1.33. The molecule has 0 bridgehead atoms. The van der Waals surface area contributed by atoms with Gasteiger partial charge >= 0.3 is 6.03 Å². The van der Waals surface area contributed by atoms with Crippen molar-refractivity contribution in [2.45, 2.75) is 18.9 Å². The zero-order valence-electron chi connectivity index (χ0n) is 17.7. The third-order valence-electron chi connectivity index (χ3n) is 5.81. The Kier molecular flexibility index (Phi) is 5.62. The third-order valence-corrected chi connectivity index (χ3v) is 5.81. The van der Waals surface area contributed by atoms with Gasteiger partial charge in [0.05, 0.1) is 12.2 Å². The van der Waals surface area contributed by atoms with Crippen LogP contribution in [0.4, 0.5) is 4.79 Å². The van der Waals surface area contributed by atoms with E-state index in [9.17, 15) is 4.79 Å². The van der Waals surface area contributed by atoms with Gasteiger partial charge in [-0.15, -0.1) is 5.10 Å². The summed E-state index contributed by atoms with van der Waals surface area (Å²) < 4.78 is 1.36. The summed E-state index contributed by atoms with van der Waals surface area (Å²) in [7, 11) is 0. The molecule has 1 aliphatic heterocycles. The molecule has 2 heterocycles. The molecule has 0 radical (unpaired) electrons. The molecule has 0 fully saturated rings. The zero-order valence-corrected chi connectivity index (χ0v) is 17.7. The monoisotopic (exact) mass is 420 g/mol. The Bertz CT molecular complexity index is 1210. The molecule has 1 aromatic heterocycles. The highest BCUT2D eigenvalue weighted by atomic mass is 16.2. The lowest BCUT2D eigenvalue weighted by molar-refractivity contribution is 0.181. The number of hydrogen-bond acceptors (Lipinski definition) is 3. The minimum Gasteiger partial charge on any atom is -0.316 e. The molecule has 4 aromatic rings. The van der Waals surface area contributed by atoms with Gasteiger partial charge in [-0.1, -0.05) is 102 Å². The second kappa shape index (κ2) is 9.02. The van der Waals surface area contributed by atoms with Crippen LogP contribution in [0.2, 0.25) is 0 Å². The van der Waals surface area contributed by atoms with Crippen molar-refractivity contribution in [2.24, 2.45) is 0 Å². The Labute approximate surface area is 187 Å². The lowest BCUT2D eigenvalue weighted by Gasteiger charge is -2.31. The van der Waals surface area contributed by atoms with Gasteiger partial charge in [0, 0.05) is 12.1 Å². The van der Waals surface area contributed by atoms with Gasteiger partial charge in [0.2, 0.25) is 0 Å². The molecule has 1 aliphatic rings. The van der Waals surface area contributed by atoms with Crippen LogP contribution in [0.1, 0.15) is 12.0 Å². The number of amides is 1. The fraction of sp³-hybridized carbons (Fsp3) is 0.148. The van der Waals surface area contributed by atoms with E-state index in [4.69, 9.17) is 0 Å². The fourth-order valence-electron chi connectivity index (χ4n) is 4.09. The summed E-state index contributed by atoms with van der Waals surface area (Å²) in [5, 5.41) is 8.40. The van der Waals surface area contributed by atoms with Crippen molar-refractivity contribution < 1.29 is 4.79 Å². The number of carbonyl (C=O) groups excluding carboxylic acids is 1. The van der Waals surface area contributed by atoms with E-state index >= 15 is 0 Å². The van der Waals surface area contributed by atoms with E-state index in [0.717, 1.165) is 24.0 Å². The maximum absolute atomic E-state index is 13.2. The van der Waals surface area contributed by atoms with E-state index in [2.05, 4.69) is 58.9 Å². The van der Waals surface area contributed by atoms with Gasteiger partial charge in [0.1, 0.15) is 5.69 Å². The number of benzene rings is 3. The first-order valence-electron chi connectivity index (χ1n) is 10.9. The smallest absolute Gasteiger partial charge is 0.316 e. The Morgan fingerprint density at radius 2 is 1.50 bits per heavy atom. The van der Waals surface area contributed by atoms with Crippen molar-refractivity contribution in [3.63, 3.8) is 0 Å². The maximum Gasteiger partial charge on any atom is 0.346 e. The van der Waals surface area contributed by atoms with E-state index in [0.29, 0.717) is 12.2 Å². The SMILES string of the molecule is O=C(N1CCC=C[C@@H]1Cc1ccccc1)n1cc(-c2ccc(-c3ccccc3)cc2)nn1. The van der Waals surface area contributed by atoms with Crippen LogP contribution in [-0.2, 0) is 6.42 Å². The van der Waals surface area contributed by atoms with Crippen molar-refractivity contribution in [3.05, 3.63) is 109 Å². The molecule has 3 aromatic carbocycles. The van der Waals surface area contributed by atoms with Gasteiger partial charge < -0.3 is 4.90 Å². The summed E-state index contributed by atoms with van der Waals surface area (Å²) in [5.41, 5.74) is 5.13. The van der Waals surface area contributed by atoms with Crippen molar-refractivity contribution in [1.29, 1.82) is 0 Å². The van der Waals surface area contributed by atoms with Crippen molar-refractivity contribution in [1.82, 2.24) is 19.9 Å². The van der Waals surface area contributed by atoms with Gasteiger partial charge in [-0.05, 0) is 29.5 Å². The molecule has 5 heteroatoms. The van der Waals surface area contributed by atoms with Gasteiger partial charge in [0.15, 0.2) is 0 Å². The molecule has 5 rings (SSSR count). The Morgan fingerprint density at radius 1 is 0.844 bits per heavy atom. The summed E-state index contributed by atoms with van der Waals surface area (Å²) in [5.74, 6) is 0. The summed E-state index contributed by atoms with van der Waals surface area (Å²) in [4.78, 5) is 15.1. The molecule has 0 spiro atoms. The Morgan fingerprint density at radius 3 is 2.25 bits per heavy atom. The predicted octanol–water partition coefficient (Wildman–Crippen LogP) is 5.45. The van der Waals surface area contributed by atoms with Gasteiger partial charge in [-0.2, -0.15) is 4.68 Å². The molecule has 0 saturated carbocycles. The van der Waals surface area contributed by atoms with Crippen molar-refractivity contribution >= 4 is 6.03 Å². The highest BCUT2D eigenvalue weighted by molar-refractivity contribution is 5.78. The number of hydrogen-bond donors (Lipinski definition) is 0. The van der Waals surface area contributed by atoms with Gasteiger partial charge in [0.25, 0.3) is 0 Å². The van der Waals surface area contributed by atoms with E-state index in [1.165, 1.54) is 15.8 Å².